The lowest BCUT2D eigenvalue weighted by Crippen LogP contribution is -2.39. The van der Waals surface area contributed by atoms with Crippen molar-refractivity contribution in [3.63, 3.8) is 0 Å². The third-order valence-electron chi connectivity index (χ3n) is 3.64. The highest BCUT2D eigenvalue weighted by molar-refractivity contribution is 5.94. The molecule has 1 aliphatic rings. The van der Waals surface area contributed by atoms with E-state index in [2.05, 4.69) is 10.3 Å². The second-order valence-corrected chi connectivity index (χ2v) is 4.98. The first-order chi connectivity index (χ1) is 9.61. The first-order valence-corrected chi connectivity index (χ1v) is 6.75. The fraction of sp³-hybridized carbons (Fsp3) is 0.500. The van der Waals surface area contributed by atoms with Crippen LogP contribution in [-0.2, 0) is 4.79 Å². The number of hydrogen-bond acceptors (Lipinski definition) is 4. The Bertz CT molecular complexity index is 496. The molecule has 0 aromatic carbocycles. The van der Waals surface area contributed by atoms with E-state index in [1.54, 1.807) is 18.0 Å². The van der Waals surface area contributed by atoms with E-state index >= 15 is 0 Å². The second kappa shape index (κ2) is 6.36. The average Bonchev–Trinajstić information content (AvgIpc) is 2.47. The predicted molar refractivity (Wildman–Crippen MR) is 73.2 cm³/mol. The molecule has 1 saturated heterocycles. The number of pyridine rings is 1. The number of piperidine rings is 1. The van der Waals surface area contributed by atoms with Gasteiger partial charge in [0.1, 0.15) is 5.75 Å². The van der Waals surface area contributed by atoms with E-state index in [4.69, 9.17) is 0 Å². The zero-order valence-electron chi connectivity index (χ0n) is 11.5. The van der Waals surface area contributed by atoms with Crippen molar-refractivity contribution in [3.05, 3.63) is 24.0 Å². The van der Waals surface area contributed by atoms with Crippen LogP contribution < -0.4 is 5.32 Å². The number of rotatable bonds is 3. The van der Waals surface area contributed by atoms with E-state index in [0.29, 0.717) is 25.4 Å². The van der Waals surface area contributed by atoms with Crippen LogP contribution in [0.5, 0.6) is 5.75 Å². The van der Waals surface area contributed by atoms with Gasteiger partial charge >= 0.3 is 0 Å². The van der Waals surface area contributed by atoms with E-state index in [9.17, 15) is 14.7 Å². The molecule has 6 heteroatoms. The summed E-state index contributed by atoms with van der Waals surface area (Å²) in [6.45, 7) is 1.19. The first kappa shape index (κ1) is 14.3. The van der Waals surface area contributed by atoms with Crippen molar-refractivity contribution in [2.24, 2.45) is 5.92 Å². The maximum atomic E-state index is 12.2. The zero-order chi connectivity index (χ0) is 14.5. The van der Waals surface area contributed by atoms with Crippen LogP contribution in [0.4, 0.5) is 0 Å². The van der Waals surface area contributed by atoms with Crippen LogP contribution in [0, 0.1) is 5.92 Å². The van der Waals surface area contributed by atoms with Crippen molar-refractivity contribution in [2.45, 2.75) is 19.3 Å². The number of nitrogens with one attached hydrogen (secondary N) is 1. The van der Waals surface area contributed by atoms with Crippen molar-refractivity contribution in [1.82, 2.24) is 15.2 Å². The van der Waals surface area contributed by atoms with Crippen LogP contribution in [0.15, 0.2) is 18.3 Å². The molecule has 1 aromatic heterocycles. The highest BCUT2D eigenvalue weighted by Crippen LogP contribution is 2.23. The second-order valence-electron chi connectivity index (χ2n) is 4.98. The average molecular weight is 277 g/mol. The van der Waals surface area contributed by atoms with E-state index in [1.807, 2.05) is 0 Å². The number of aromatic nitrogens is 1. The molecule has 20 heavy (non-hydrogen) atoms. The summed E-state index contributed by atoms with van der Waals surface area (Å²) >= 11 is 0. The summed E-state index contributed by atoms with van der Waals surface area (Å²) in [4.78, 5) is 29.2. The van der Waals surface area contributed by atoms with Gasteiger partial charge in [-0.2, -0.15) is 0 Å². The number of hydrogen-bond donors (Lipinski definition) is 2. The summed E-state index contributed by atoms with van der Waals surface area (Å²) in [5.74, 6) is 0.0138. The molecule has 1 fully saturated rings. The van der Waals surface area contributed by atoms with E-state index < -0.39 is 0 Å². The molecule has 0 aliphatic carbocycles. The highest BCUT2D eigenvalue weighted by Gasteiger charge is 2.26. The smallest absolute Gasteiger partial charge is 0.276 e. The Morgan fingerprint density at radius 3 is 2.75 bits per heavy atom. The quantitative estimate of drug-likeness (QED) is 0.855. The van der Waals surface area contributed by atoms with Gasteiger partial charge in [-0.1, -0.05) is 0 Å². The maximum absolute atomic E-state index is 12.2. The van der Waals surface area contributed by atoms with Crippen LogP contribution in [0.25, 0.3) is 0 Å². The molecule has 1 aliphatic heterocycles. The van der Waals surface area contributed by atoms with Crippen molar-refractivity contribution >= 4 is 11.8 Å². The standard InChI is InChI=1S/C14H19N3O3/c1-15-12(19)9-10-4-7-17(8-5-10)14(20)13-11(18)3-2-6-16-13/h2-3,6,10,18H,4-5,7-9H2,1H3,(H,15,19). The minimum Gasteiger partial charge on any atom is -0.505 e. The fourth-order valence-corrected chi connectivity index (χ4v) is 2.42. The Balaban J connectivity index is 1.92. The molecule has 0 atom stereocenters. The largest absolute Gasteiger partial charge is 0.505 e. The number of carbonyl (C=O) groups excluding carboxylic acids is 2. The third kappa shape index (κ3) is 3.26. The first-order valence-electron chi connectivity index (χ1n) is 6.75. The zero-order valence-corrected chi connectivity index (χ0v) is 11.5. The van der Waals surface area contributed by atoms with Crippen LogP contribution in [0.1, 0.15) is 29.8 Å². The lowest BCUT2D eigenvalue weighted by molar-refractivity contribution is -0.121. The summed E-state index contributed by atoms with van der Waals surface area (Å²) in [7, 11) is 1.63. The van der Waals surface area contributed by atoms with E-state index in [-0.39, 0.29) is 23.3 Å². The Hall–Kier alpha value is -2.11. The normalized spacial score (nSPS) is 15.9. The molecule has 0 bridgehead atoms. The summed E-state index contributed by atoms with van der Waals surface area (Å²) in [6.07, 6.45) is 3.60. The molecule has 1 aromatic rings. The number of likely N-dealkylation sites (tertiary alicyclic amines) is 1. The van der Waals surface area contributed by atoms with Gasteiger partial charge in [0.05, 0.1) is 0 Å². The summed E-state index contributed by atoms with van der Waals surface area (Å²) < 4.78 is 0. The monoisotopic (exact) mass is 277 g/mol. The predicted octanol–water partition coefficient (Wildman–Crippen LogP) is 0.775. The van der Waals surface area contributed by atoms with E-state index in [0.717, 1.165) is 12.8 Å². The molecular weight excluding hydrogens is 258 g/mol. The van der Waals surface area contributed by atoms with Gasteiger partial charge in [-0.3, -0.25) is 9.59 Å². The molecule has 0 radical (unpaired) electrons. The minimum atomic E-state index is -0.249. The van der Waals surface area contributed by atoms with Gasteiger partial charge in [0, 0.05) is 32.8 Å². The number of carbonyl (C=O) groups is 2. The van der Waals surface area contributed by atoms with Gasteiger partial charge in [0.2, 0.25) is 5.91 Å². The Kier molecular flexibility index (Phi) is 4.55. The van der Waals surface area contributed by atoms with Gasteiger partial charge in [0.25, 0.3) is 5.91 Å². The van der Waals surface area contributed by atoms with E-state index in [1.165, 1.54) is 12.3 Å². The topological polar surface area (TPSA) is 82.5 Å². The summed E-state index contributed by atoms with van der Waals surface area (Å²) in [5, 5.41) is 12.3. The van der Waals surface area contributed by atoms with Gasteiger partial charge < -0.3 is 15.3 Å². The number of aromatic hydroxyl groups is 1. The molecule has 2 rings (SSSR count). The fourth-order valence-electron chi connectivity index (χ4n) is 2.42. The van der Waals surface area contributed by atoms with Crippen LogP contribution >= 0.6 is 0 Å². The Labute approximate surface area is 117 Å². The van der Waals surface area contributed by atoms with Gasteiger partial charge in [-0.05, 0) is 30.9 Å². The van der Waals surface area contributed by atoms with Gasteiger partial charge in [-0.25, -0.2) is 4.98 Å². The molecule has 6 nitrogen and oxygen atoms in total. The molecule has 2 heterocycles. The van der Waals surface area contributed by atoms with Crippen LogP contribution in [0.3, 0.4) is 0 Å². The van der Waals surface area contributed by atoms with Crippen molar-refractivity contribution in [2.75, 3.05) is 20.1 Å². The number of amides is 2. The third-order valence-corrected chi connectivity index (χ3v) is 3.64. The van der Waals surface area contributed by atoms with Gasteiger partial charge in [0.15, 0.2) is 5.69 Å². The molecule has 0 spiro atoms. The summed E-state index contributed by atoms with van der Waals surface area (Å²) in [6, 6.07) is 3.04. The van der Waals surface area contributed by atoms with Crippen LogP contribution in [0.2, 0.25) is 0 Å². The lowest BCUT2D eigenvalue weighted by Gasteiger charge is -2.31. The Morgan fingerprint density at radius 1 is 1.45 bits per heavy atom. The highest BCUT2D eigenvalue weighted by atomic mass is 16.3. The minimum absolute atomic E-state index is 0.0390. The lowest BCUT2D eigenvalue weighted by atomic mass is 9.93. The molecule has 0 unspecified atom stereocenters. The molecule has 2 amide bonds. The summed E-state index contributed by atoms with van der Waals surface area (Å²) in [5.41, 5.74) is 0.0947. The van der Waals surface area contributed by atoms with Crippen molar-refractivity contribution < 1.29 is 14.7 Å². The molecule has 2 N–H and O–H groups in total. The van der Waals surface area contributed by atoms with Gasteiger partial charge in [-0.15, -0.1) is 0 Å². The van der Waals surface area contributed by atoms with Crippen molar-refractivity contribution in [1.29, 1.82) is 0 Å². The maximum Gasteiger partial charge on any atom is 0.276 e. The van der Waals surface area contributed by atoms with Crippen molar-refractivity contribution in [3.8, 4) is 5.75 Å². The number of nitrogens with zero attached hydrogens (tertiary/aromatic N) is 2. The SMILES string of the molecule is CNC(=O)CC1CCN(C(=O)c2ncccc2O)CC1. The molecular formula is C14H19N3O3. The molecule has 0 saturated carbocycles. The molecule has 108 valence electrons. The van der Waals surface area contributed by atoms with Crippen LogP contribution in [-0.4, -0.2) is 46.9 Å². The Morgan fingerprint density at radius 2 is 2.15 bits per heavy atom.